The zero-order valence-electron chi connectivity index (χ0n) is 11.9. The molecule has 0 amide bonds. The van der Waals surface area contributed by atoms with Gasteiger partial charge >= 0.3 is 31.4 Å². The molecule has 0 rings (SSSR count). The van der Waals surface area contributed by atoms with Crippen LogP contribution in [0.25, 0.3) is 0 Å². The molecule has 0 radical (unpaired) electrons. The first-order chi connectivity index (χ1) is 10.1. The first-order valence-electron chi connectivity index (χ1n) is 5.69. The molecule has 23 heavy (non-hydrogen) atoms. The van der Waals surface area contributed by atoms with Crippen molar-refractivity contribution in [2.45, 2.75) is 12.1 Å². The van der Waals surface area contributed by atoms with E-state index >= 15 is 0 Å². The van der Waals surface area contributed by atoms with Crippen LogP contribution in [0, 0.1) is 0 Å². The Morgan fingerprint density at radius 1 is 0.826 bits per heavy atom. The van der Waals surface area contributed by atoms with Crippen molar-refractivity contribution in [1.29, 1.82) is 0 Å². The van der Waals surface area contributed by atoms with Crippen molar-refractivity contribution in [2.75, 3.05) is 24.6 Å². The minimum atomic E-state index is -1.35. The van der Waals surface area contributed by atoms with Crippen LogP contribution in [0.4, 0.5) is 0 Å². The standard InChI is InChI=1S/2C5H9NO4S.Zn/c2*7-4(8)1-6-3(2-11)5(9)10;/h2*3,6,11H,1-2H2,(H,7,8)(H,9,10);/q;;+2/p-2. The SMILES string of the molecule is O=C(O)CNC(CS)C(=O)[O-].O=C(O)CNC(CS)C(=O)[O-].[Zn+2]. The monoisotopic (exact) mass is 420 g/mol. The summed E-state index contributed by atoms with van der Waals surface area (Å²) in [5, 5.41) is 41.0. The second-order valence-electron chi connectivity index (χ2n) is 3.66. The van der Waals surface area contributed by atoms with E-state index in [2.05, 4.69) is 35.9 Å². The van der Waals surface area contributed by atoms with Crippen LogP contribution < -0.4 is 20.8 Å². The molecule has 128 valence electrons. The zero-order chi connectivity index (χ0) is 17.7. The van der Waals surface area contributed by atoms with E-state index in [4.69, 9.17) is 10.2 Å². The predicted molar refractivity (Wildman–Crippen MR) is 76.6 cm³/mol. The molecule has 2 atom stereocenters. The van der Waals surface area contributed by atoms with Gasteiger partial charge in [-0.2, -0.15) is 25.3 Å². The van der Waals surface area contributed by atoms with Gasteiger partial charge in [0.15, 0.2) is 0 Å². The van der Waals surface area contributed by atoms with Crippen molar-refractivity contribution in [3.63, 3.8) is 0 Å². The van der Waals surface area contributed by atoms with Gasteiger partial charge in [0.2, 0.25) is 0 Å². The topological polar surface area (TPSA) is 179 Å². The molecule has 0 aliphatic carbocycles. The molecular weight excluding hydrogens is 406 g/mol. The number of carboxylic acid groups (broad SMARTS) is 4. The number of thiol groups is 2. The van der Waals surface area contributed by atoms with E-state index < -0.39 is 49.1 Å². The number of aliphatic carboxylic acids is 4. The molecule has 10 nitrogen and oxygen atoms in total. The van der Waals surface area contributed by atoms with Crippen LogP contribution in [-0.2, 0) is 38.7 Å². The van der Waals surface area contributed by atoms with E-state index in [0.717, 1.165) is 0 Å². The zero-order valence-corrected chi connectivity index (χ0v) is 16.7. The average molecular weight is 422 g/mol. The third-order valence-electron chi connectivity index (χ3n) is 1.93. The summed E-state index contributed by atoms with van der Waals surface area (Å²) in [6, 6.07) is -2.01. The first kappa shape index (κ1) is 27.0. The number of carbonyl (C=O) groups is 4. The number of nitrogens with one attached hydrogen (secondary N) is 2. The van der Waals surface area contributed by atoms with Crippen LogP contribution in [0.1, 0.15) is 0 Å². The third-order valence-corrected chi connectivity index (χ3v) is 2.66. The normalized spacial score (nSPS) is 11.9. The van der Waals surface area contributed by atoms with E-state index in [1.165, 1.54) is 0 Å². The number of carboxylic acids is 4. The molecular formula is C10H16N2O8S2Zn. The second kappa shape index (κ2) is 16.0. The average Bonchev–Trinajstić information content (AvgIpc) is 2.39. The van der Waals surface area contributed by atoms with Gasteiger partial charge in [-0.1, -0.05) is 0 Å². The van der Waals surface area contributed by atoms with Crippen molar-refractivity contribution in [3.8, 4) is 0 Å². The smallest absolute Gasteiger partial charge is 0.548 e. The van der Waals surface area contributed by atoms with Crippen LogP contribution in [0.3, 0.4) is 0 Å². The Hall–Kier alpha value is -0.877. The van der Waals surface area contributed by atoms with E-state index in [-0.39, 0.29) is 31.0 Å². The number of carbonyl (C=O) groups excluding carboxylic acids is 2. The summed E-state index contributed by atoms with van der Waals surface area (Å²) in [4.78, 5) is 40.1. The molecule has 13 heteroatoms. The molecule has 0 saturated carbocycles. The Morgan fingerprint density at radius 3 is 1.22 bits per heavy atom. The van der Waals surface area contributed by atoms with Crippen LogP contribution in [0.15, 0.2) is 0 Å². The van der Waals surface area contributed by atoms with E-state index in [0.29, 0.717) is 0 Å². The molecule has 0 aliphatic rings. The van der Waals surface area contributed by atoms with Gasteiger partial charge in [-0.25, -0.2) is 0 Å². The summed E-state index contributed by atoms with van der Waals surface area (Å²) in [6.07, 6.45) is 0. The van der Waals surface area contributed by atoms with Gasteiger partial charge in [0.25, 0.3) is 0 Å². The van der Waals surface area contributed by atoms with Gasteiger partial charge in [-0.05, 0) is 0 Å². The molecule has 0 aliphatic heterocycles. The molecule has 0 spiro atoms. The molecule has 0 aromatic carbocycles. The fourth-order valence-corrected chi connectivity index (χ4v) is 1.42. The quantitative estimate of drug-likeness (QED) is 0.148. The molecule has 0 bridgehead atoms. The van der Waals surface area contributed by atoms with Crippen LogP contribution in [0.2, 0.25) is 0 Å². The molecule has 0 fully saturated rings. The Labute approximate surface area is 155 Å². The van der Waals surface area contributed by atoms with Gasteiger partial charge in [-0.3, -0.25) is 20.2 Å². The maximum absolute atomic E-state index is 10.1. The van der Waals surface area contributed by atoms with Crippen molar-refractivity contribution >= 4 is 49.1 Å². The van der Waals surface area contributed by atoms with Gasteiger partial charge < -0.3 is 30.0 Å². The minimum absolute atomic E-state index is 0. The van der Waals surface area contributed by atoms with Crippen molar-refractivity contribution in [2.24, 2.45) is 0 Å². The summed E-state index contributed by atoms with van der Waals surface area (Å²) in [5.74, 6) is -4.90. The van der Waals surface area contributed by atoms with E-state index in [1.807, 2.05) is 0 Å². The van der Waals surface area contributed by atoms with Gasteiger partial charge in [-0.15, -0.1) is 0 Å². The Morgan fingerprint density at radius 2 is 1.09 bits per heavy atom. The second-order valence-corrected chi connectivity index (χ2v) is 4.39. The van der Waals surface area contributed by atoms with Crippen LogP contribution >= 0.6 is 25.3 Å². The summed E-state index contributed by atoms with van der Waals surface area (Å²) in [7, 11) is 0. The van der Waals surface area contributed by atoms with Crippen LogP contribution in [0.5, 0.6) is 0 Å². The molecule has 0 aromatic rings. The number of hydrogen-bond donors (Lipinski definition) is 6. The van der Waals surface area contributed by atoms with Gasteiger partial charge in [0, 0.05) is 11.5 Å². The summed E-state index contributed by atoms with van der Waals surface area (Å²) < 4.78 is 0. The Kier molecular flexibility index (Phi) is 18.8. The maximum Gasteiger partial charge on any atom is 2.00 e. The molecule has 2 unspecified atom stereocenters. The fourth-order valence-electron chi connectivity index (χ4n) is 0.866. The van der Waals surface area contributed by atoms with Crippen molar-refractivity contribution in [3.05, 3.63) is 0 Å². The molecule has 0 aromatic heterocycles. The molecule has 4 N–H and O–H groups in total. The predicted octanol–water partition coefficient (Wildman–Crippen LogP) is -4.58. The molecule has 0 heterocycles. The summed E-state index contributed by atoms with van der Waals surface area (Å²) >= 11 is 7.36. The largest absolute Gasteiger partial charge is 2.00 e. The fraction of sp³-hybridized carbons (Fsp3) is 0.600. The Bertz CT molecular complexity index is 363. The molecule has 0 saturated heterocycles. The van der Waals surface area contributed by atoms with Crippen LogP contribution in [-0.4, -0.2) is 70.8 Å². The maximum atomic E-state index is 10.1. The minimum Gasteiger partial charge on any atom is -0.548 e. The van der Waals surface area contributed by atoms with Crippen molar-refractivity contribution in [1.82, 2.24) is 10.6 Å². The summed E-state index contributed by atoms with van der Waals surface area (Å²) in [5.41, 5.74) is 0. The van der Waals surface area contributed by atoms with Gasteiger partial charge in [0.05, 0.1) is 37.1 Å². The van der Waals surface area contributed by atoms with E-state index in [9.17, 15) is 29.4 Å². The van der Waals surface area contributed by atoms with Gasteiger partial charge in [0.1, 0.15) is 0 Å². The first-order valence-corrected chi connectivity index (χ1v) is 6.95. The summed E-state index contributed by atoms with van der Waals surface area (Å²) in [6.45, 7) is -0.807. The third kappa shape index (κ3) is 17.3. The Balaban J connectivity index is -0.000000333. The number of hydrogen-bond acceptors (Lipinski definition) is 10. The van der Waals surface area contributed by atoms with E-state index in [1.54, 1.807) is 0 Å². The van der Waals surface area contributed by atoms with Crippen molar-refractivity contribution < 1.29 is 59.1 Å². The number of rotatable bonds is 10.